The molecule has 26 heavy (non-hydrogen) atoms. The van der Waals surface area contributed by atoms with Crippen LogP contribution in [-0.2, 0) is 9.59 Å². The molecule has 1 aromatic carbocycles. The van der Waals surface area contributed by atoms with Crippen LogP contribution in [0.3, 0.4) is 0 Å². The predicted octanol–water partition coefficient (Wildman–Crippen LogP) is 4.31. The molecule has 0 spiro atoms. The van der Waals surface area contributed by atoms with Crippen LogP contribution in [-0.4, -0.2) is 29.8 Å². The third-order valence-electron chi connectivity index (χ3n) is 6.27. The lowest BCUT2D eigenvalue weighted by molar-refractivity contribution is -0.139. The van der Waals surface area contributed by atoms with Crippen LogP contribution >= 0.6 is 0 Å². The van der Waals surface area contributed by atoms with Gasteiger partial charge < -0.3 is 10.2 Å². The maximum atomic E-state index is 12.7. The molecular formula is C22H32N2O2. The molecule has 1 saturated heterocycles. The van der Waals surface area contributed by atoms with E-state index in [1.807, 2.05) is 32.0 Å². The lowest BCUT2D eigenvalue weighted by Crippen LogP contribution is -2.42. The maximum absolute atomic E-state index is 12.7. The third-order valence-corrected chi connectivity index (χ3v) is 6.27. The van der Waals surface area contributed by atoms with Crippen LogP contribution in [0.1, 0.15) is 56.6 Å². The van der Waals surface area contributed by atoms with E-state index in [1.165, 1.54) is 0 Å². The minimum Gasteiger partial charge on any atom is -0.342 e. The Kier molecular flexibility index (Phi) is 6.00. The third kappa shape index (κ3) is 4.28. The SMILES string of the molecule is Cc1cccc(C)c1NC(=O)C1CCC(C(=O)N2CCC(C)CC2)CC1. The van der Waals surface area contributed by atoms with Crippen molar-refractivity contribution in [3.63, 3.8) is 0 Å². The van der Waals surface area contributed by atoms with Gasteiger partial charge in [0.1, 0.15) is 0 Å². The number of carbonyl (C=O) groups excluding carboxylic acids is 2. The summed E-state index contributed by atoms with van der Waals surface area (Å²) in [6.45, 7) is 8.14. The number of nitrogens with one attached hydrogen (secondary N) is 1. The summed E-state index contributed by atoms with van der Waals surface area (Å²) >= 11 is 0. The Labute approximate surface area is 157 Å². The Balaban J connectivity index is 1.51. The summed E-state index contributed by atoms with van der Waals surface area (Å²) in [6, 6.07) is 6.06. The second-order valence-electron chi connectivity index (χ2n) is 8.31. The first-order valence-electron chi connectivity index (χ1n) is 10.1. The number of likely N-dealkylation sites (tertiary alicyclic amines) is 1. The minimum absolute atomic E-state index is 0.0273. The molecule has 0 bridgehead atoms. The highest BCUT2D eigenvalue weighted by molar-refractivity contribution is 5.94. The molecule has 3 rings (SSSR count). The van der Waals surface area contributed by atoms with Gasteiger partial charge in [-0.3, -0.25) is 9.59 Å². The lowest BCUT2D eigenvalue weighted by Gasteiger charge is -2.35. The summed E-state index contributed by atoms with van der Waals surface area (Å²) in [6.07, 6.45) is 5.57. The quantitative estimate of drug-likeness (QED) is 0.877. The van der Waals surface area contributed by atoms with Crippen LogP contribution in [0, 0.1) is 31.6 Å². The molecule has 4 nitrogen and oxygen atoms in total. The average molecular weight is 357 g/mol. The summed E-state index contributed by atoms with van der Waals surface area (Å²) in [5.41, 5.74) is 3.14. The van der Waals surface area contributed by atoms with Crippen molar-refractivity contribution in [2.75, 3.05) is 18.4 Å². The first kappa shape index (κ1) is 18.9. The van der Waals surface area contributed by atoms with Gasteiger partial charge in [0.2, 0.25) is 11.8 Å². The van der Waals surface area contributed by atoms with E-state index in [-0.39, 0.29) is 17.7 Å². The Morgan fingerprint density at radius 3 is 2.04 bits per heavy atom. The van der Waals surface area contributed by atoms with E-state index in [0.717, 1.165) is 74.3 Å². The number of piperidine rings is 1. The molecule has 0 unspecified atom stereocenters. The van der Waals surface area contributed by atoms with Gasteiger partial charge in [0, 0.05) is 30.6 Å². The molecule has 0 aromatic heterocycles. The summed E-state index contributed by atoms with van der Waals surface area (Å²) in [7, 11) is 0. The van der Waals surface area contributed by atoms with E-state index < -0.39 is 0 Å². The fourth-order valence-corrected chi connectivity index (χ4v) is 4.33. The molecule has 2 fully saturated rings. The number of benzene rings is 1. The second-order valence-corrected chi connectivity index (χ2v) is 8.31. The zero-order valence-corrected chi connectivity index (χ0v) is 16.4. The van der Waals surface area contributed by atoms with Crippen LogP contribution in [0.2, 0.25) is 0 Å². The van der Waals surface area contributed by atoms with Crippen molar-refractivity contribution in [3.05, 3.63) is 29.3 Å². The normalized spacial score (nSPS) is 24.3. The fourth-order valence-electron chi connectivity index (χ4n) is 4.33. The zero-order chi connectivity index (χ0) is 18.7. The van der Waals surface area contributed by atoms with Gasteiger partial charge in [0.05, 0.1) is 0 Å². The topological polar surface area (TPSA) is 49.4 Å². The van der Waals surface area contributed by atoms with Crippen LogP contribution in [0.4, 0.5) is 5.69 Å². The molecule has 1 aliphatic carbocycles. The van der Waals surface area contributed by atoms with Crippen molar-refractivity contribution in [1.29, 1.82) is 0 Å². The maximum Gasteiger partial charge on any atom is 0.227 e. The van der Waals surface area contributed by atoms with Crippen LogP contribution in [0.5, 0.6) is 0 Å². The summed E-state index contributed by atoms with van der Waals surface area (Å²) in [5, 5.41) is 3.13. The van der Waals surface area contributed by atoms with Crippen molar-refractivity contribution >= 4 is 17.5 Å². The van der Waals surface area contributed by atoms with E-state index in [0.29, 0.717) is 5.91 Å². The molecule has 2 aliphatic rings. The number of amides is 2. The summed E-state index contributed by atoms with van der Waals surface area (Å²) < 4.78 is 0. The Morgan fingerprint density at radius 2 is 1.46 bits per heavy atom. The van der Waals surface area contributed by atoms with E-state index in [4.69, 9.17) is 0 Å². The number of para-hydroxylation sites is 1. The average Bonchev–Trinajstić information content (AvgIpc) is 2.65. The zero-order valence-electron chi connectivity index (χ0n) is 16.4. The van der Waals surface area contributed by atoms with Gasteiger partial charge in [-0.25, -0.2) is 0 Å². The number of anilines is 1. The van der Waals surface area contributed by atoms with E-state index >= 15 is 0 Å². The minimum atomic E-state index is 0.0273. The number of hydrogen-bond donors (Lipinski definition) is 1. The van der Waals surface area contributed by atoms with Gasteiger partial charge in [-0.1, -0.05) is 25.1 Å². The molecular weight excluding hydrogens is 324 g/mol. The first-order valence-corrected chi connectivity index (χ1v) is 10.1. The van der Waals surface area contributed by atoms with Gasteiger partial charge in [-0.15, -0.1) is 0 Å². The van der Waals surface area contributed by atoms with Crippen LogP contribution in [0.25, 0.3) is 0 Å². The van der Waals surface area contributed by atoms with E-state index in [1.54, 1.807) is 0 Å². The highest BCUT2D eigenvalue weighted by atomic mass is 16.2. The predicted molar refractivity (Wildman–Crippen MR) is 105 cm³/mol. The van der Waals surface area contributed by atoms with Gasteiger partial charge in [0.25, 0.3) is 0 Å². The van der Waals surface area contributed by atoms with E-state index in [9.17, 15) is 9.59 Å². The Bertz CT molecular complexity index is 634. The number of rotatable bonds is 3. The van der Waals surface area contributed by atoms with Crippen molar-refractivity contribution in [1.82, 2.24) is 4.90 Å². The molecule has 0 atom stereocenters. The van der Waals surface area contributed by atoms with Crippen LogP contribution < -0.4 is 5.32 Å². The first-order chi connectivity index (χ1) is 12.5. The second kappa shape index (κ2) is 8.24. The van der Waals surface area contributed by atoms with Gasteiger partial charge >= 0.3 is 0 Å². The van der Waals surface area contributed by atoms with Crippen molar-refractivity contribution in [2.45, 2.75) is 59.3 Å². The molecule has 142 valence electrons. The molecule has 2 amide bonds. The Morgan fingerprint density at radius 1 is 0.923 bits per heavy atom. The molecule has 1 aromatic rings. The monoisotopic (exact) mass is 356 g/mol. The van der Waals surface area contributed by atoms with Crippen molar-refractivity contribution < 1.29 is 9.59 Å². The highest BCUT2D eigenvalue weighted by Crippen LogP contribution is 2.32. The van der Waals surface area contributed by atoms with Gasteiger partial charge in [-0.2, -0.15) is 0 Å². The summed E-state index contributed by atoms with van der Waals surface area (Å²) in [5.74, 6) is 1.32. The van der Waals surface area contributed by atoms with Crippen molar-refractivity contribution in [3.8, 4) is 0 Å². The molecule has 1 aliphatic heterocycles. The number of hydrogen-bond acceptors (Lipinski definition) is 2. The molecule has 1 heterocycles. The smallest absolute Gasteiger partial charge is 0.227 e. The molecule has 4 heteroatoms. The molecule has 1 saturated carbocycles. The summed E-state index contributed by atoms with van der Waals surface area (Å²) in [4.78, 5) is 27.5. The van der Waals surface area contributed by atoms with Gasteiger partial charge in [0.15, 0.2) is 0 Å². The number of nitrogens with zero attached hydrogens (tertiary/aromatic N) is 1. The largest absolute Gasteiger partial charge is 0.342 e. The number of aryl methyl sites for hydroxylation is 2. The lowest BCUT2D eigenvalue weighted by atomic mass is 9.80. The molecule has 0 radical (unpaired) electrons. The van der Waals surface area contributed by atoms with Crippen molar-refractivity contribution in [2.24, 2.45) is 17.8 Å². The van der Waals surface area contributed by atoms with Crippen LogP contribution in [0.15, 0.2) is 18.2 Å². The standard InChI is InChI=1S/C22H32N2O2/c1-15-11-13-24(14-12-15)22(26)19-9-7-18(8-10-19)21(25)23-20-16(2)5-4-6-17(20)3/h4-6,15,18-19H,7-14H2,1-3H3,(H,23,25). The molecule has 1 N–H and O–H groups in total. The number of carbonyl (C=O) groups is 2. The van der Waals surface area contributed by atoms with E-state index in [2.05, 4.69) is 17.1 Å². The van der Waals surface area contributed by atoms with Gasteiger partial charge in [-0.05, 0) is 69.4 Å². The highest BCUT2D eigenvalue weighted by Gasteiger charge is 2.33. The Hall–Kier alpha value is -1.84. The fraction of sp³-hybridized carbons (Fsp3) is 0.636.